The van der Waals surface area contributed by atoms with E-state index in [4.69, 9.17) is 4.74 Å². The molecule has 2 aliphatic heterocycles. The van der Waals surface area contributed by atoms with Crippen LogP contribution in [0.3, 0.4) is 0 Å². The van der Waals surface area contributed by atoms with Crippen molar-refractivity contribution in [1.29, 1.82) is 0 Å². The minimum Gasteiger partial charge on any atom is -0.367 e. The zero-order valence-electron chi connectivity index (χ0n) is 13.7. The number of rotatable bonds is 3. The van der Waals surface area contributed by atoms with E-state index in [0.29, 0.717) is 12.0 Å². The van der Waals surface area contributed by atoms with Gasteiger partial charge in [0.05, 0.1) is 11.8 Å². The minimum atomic E-state index is 0.149. The van der Waals surface area contributed by atoms with Gasteiger partial charge >= 0.3 is 0 Å². The number of thiophene rings is 1. The third-order valence-electron chi connectivity index (χ3n) is 4.94. The van der Waals surface area contributed by atoms with Crippen LogP contribution in [0.2, 0.25) is 0 Å². The highest BCUT2D eigenvalue weighted by Gasteiger charge is 2.40. The van der Waals surface area contributed by atoms with Crippen molar-refractivity contribution in [3.63, 3.8) is 0 Å². The Morgan fingerprint density at radius 3 is 3.00 bits per heavy atom. The summed E-state index contributed by atoms with van der Waals surface area (Å²) in [5.41, 5.74) is 1.05. The van der Waals surface area contributed by atoms with Crippen molar-refractivity contribution in [3.8, 4) is 0 Å². The first-order chi connectivity index (χ1) is 11.2. The third kappa shape index (κ3) is 3.32. The number of aryl methyl sites for hydroxylation is 2. The molecule has 4 heterocycles. The van der Waals surface area contributed by atoms with Crippen LogP contribution >= 0.6 is 11.3 Å². The molecule has 0 radical (unpaired) electrons. The summed E-state index contributed by atoms with van der Waals surface area (Å²) in [6.45, 7) is 7.40. The first kappa shape index (κ1) is 15.2. The Morgan fingerprint density at radius 2 is 2.22 bits per heavy atom. The van der Waals surface area contributed by atoms with Gasteiger partial charge in [-0.1, -0.05) is 0 Å². The fourth-order valence-electron chi connectivity index (χ4n) is 3.77. The van der Waals surface area contributed by atoms with Crippen molar-refractivity contribution >= 4 is 11.3 Å². The Bertz CT molecular complexity index is 686. The van der Waals surface area contributed by atoms with E-state index >= 15 is 0 Å². The Kier molecular flexibility index (Phi) is 4.18. The molecule has 0 aliphatic carbocycles. The number of ether oxygens (including phenoxy) is 1. The lowest BCUT2D eigenvalue weighted by molar-refractivity contribution is -0.0105. The maximum Gasteiger partial charge on any atom is 0.125 e. The molecule has 2 saturated heterocycles. The average molecular weight is 329 g/mol. The number of fused-ring (bicyclic) bond motifs is 1. The molecule has 0 saturated carbocycles. The van der Waals surface area contributed by atoms with Gasteiger partial charge in [-0.25, -0.2) is 9.97 Å². The van der Waals surface area contributed by atoms with Crippen molar-refractivity contribution in [2.24, 2.45) is 5.92 Å². The van der Waals surface area contributed by atoms with Crippen molar-refractivity contribution in [2.45, 2.75) is 45.4 Å². The number of hydrogen-bond donors (Lipinski definition) is 0. The zero-order chi connectivity index (χ0) is 15.8. The molecular formula is C18H23N3OS. The van der Waals surface area contributed by atoms with Crippen molar-refractivity contribution in [2.75, 3.05) is 13.1 Å². The van der Waals surface area contributed by atoms with Gasteiger partial charge in [-0.3, -0.25) is 4.90 Å². The number of nitrogens with zero attached hydrogens (tertiary/aromatic N) is 3. The first-order valence-corrected chi connectivity index (χ1v) is 9.22. The maximum absolute atomic E-state index is 6.35. The lowest BCUT2D eigenvalue weighted by atomic mass is 9.91. The smallest absolute Gasteiger partial charge is 0.125 e. The molecule has 2 aromatic heterocycles. The molecule has 0 spiro atoms. The van der Waals surface area contributed by atoms with E-state index in [1.165, 1.54) is 22.7 Å². The molecule has 3 atom stereocenters. The number of piperidine rings is 1. The summed E-state index contributed by atoms with van der Waals surface area (Å²) in [5, 5.41) is 0. The number of likely N-dealkylation sites (tertiary alicyclic amines) is 1. The fraction of sp³-hybridized carbons (Fsp3) is 0.556. The highest BCUT2D eigenvalue weighted by molar-refractivity contribution is 7.11. The van der Waals surface area contributed by atoms with Crippen LogP contribution < -0.4 is 0 Å². The van der Waals surface area contributed by atoms with Crippen LogP contribution in [0.25, 0.3) is 0 Å². The monoisotopic (exact) mass is 329 g/mol. The van der Waals surface area contributed by atoms with Gasteiger partial charge in [0.2, 0.25) is 0 Å². The van der Waals surface area contributed by atoms with E-state index in [1.807, 2.05) is 30.5 Å². The SMILES string of the molecule is Cc1nccc([C@@H]2C[C@@H]3CCN(Cc4ccc(C)s4)C[C@H]3O2)n1. The quantitative estimate of drug-likeness (QED) is 0.864. The lowest BCUT2D eigenvalue weighted by Crippen LogP contribution is -2.41. The van der Waals surface area contributed by atoms with Gasteiger partial charge in [0, 0.05) is 29.0 Å². The molecule has 23 heavy (non-hydrogen) atoms. The van der Waals surface area contributed by atoms with E-state index in [1.54, 1.807) is 0 Å². The van der Waals surface area contributed by atoms with Crippen molar-refractivity contribution in [3.05, 3.63) is 45.7 Å². The molecular weight excluding hydrogens is 306 g/mol. The van der Waals surface area contributed by atoms with E-state index in [-0.39, 0.29) is 6.10 Å². The summed E-state index contributed by atoms with van der Waals surface area (Å²) in [6, 6.07) is 6.47. The summed E-state index contributed by atoms with van der Waals surface area (Å²) in [4.78, 5) is 14.1. The van der Waals surface area contributed by atoms with Gasteiger partial charge in [0.1, 0.15) is 11.9 Å². The Balaban J connectivity index is 1.40. The molecule has 2 aliphatic rings. The molecule has 0 amide bonds. The van der Waals surface area contributed by atoms with Crippen LogP contribution in [0, 0.1) is 19.8 Å². The van der Waals surface area contributed by atoms with Crippen LogP contribution in [0.5, 0.6) is 0 Å². The zero-order valence-corrected chi connectivity index (χ0v) is 14.6. The molecule has 0 bridgehead atoms. The average Bonchev–Trinajstić information content (AvgIpc) is 3.13. The Morgan fingerprint density at radius 1 is 1.30 bits per heavy atom. The number of hydrogen-bond acceptors (Lipinski definition) is 5. The van der Waals surface area contributed by atoms with Crippen LogP contribution in [-0.4, -0.2) is 34.1 Å². The summed E-state index contributed by atoms with van der Waals surface area (Å²) >= 11 is 1.91. The lowest BCUT2D eigenvalue weighted by Gasteiger charge is -2.33. The second-order valence-electron chi connectivity index (χ2n) is 6.72. The number of aromatic nitrogens is 2. The Labute approximate surface area is 141 Å². The van der Waals surface area contributed by atoms with E-state index < -0.39 is 0 Å². The molecule has 2 fully saturated rings. The van der Waals surface area contributed by atoms with Crippen molar-refractivity contribution in [1.82, 2.24) is 14.9 Å². The molecule has 122 valence electrons. The van der Waals surface area contributed by atoms with Gasteiger partial charge < -0.3 is 4.74 Å². The third-order valence-corrected chi connectivity index (χ3v) is 5.92. The van der Waals surface area contributed by atoms with E-state index in [0.717, 1.165) is 31.0 Å². The largest absolute Gasteiger partial charge is 0.367 e. The molecule has 0 unspecified atom stereocenters. The second-order valence-corrected chi connectivity index (χ2v) is 8.10. The summed E-state index contributed by atoms with van der Waals surface area (Å²) in [7, 11) is 0. The normalized spacial score (nSPS) is 28.0. The van der Waals surface area contributed by atoms with Gasteiger partial charge in [-0.15, -0.1) is 11.3 Å². The van der Waals surface area contributed by atoms with E-state index in [9.17, 15) is 0 Å². The minimum absolute atomic E-state index is 0.149. The molecule has 0 N–H and O–H groups in total. The summed E-state index contributed by atoms with van der Waals surface area (Å²) < 4.78 is 6.35. The summed E-state index contributed by atoms with van der Waals surface area (Å²) in [6.07, 6.45) is 4.68. The van der Waals surface area contributed by atoms with Crippen LogP contribution in [0.1, 0.15) is 40.2 Å². The van der Waals surface area contributed by atoms with Gasteiger partial charge in [-0.2, -0.15) is 0 Å². The van der Waals surface area contributed by atoms with E-state index in [2.05, 4.69) is 33.9 Å². The Hall–Kier alpha value is -1.30. The second kappa shape index (κ2) is 6.30. The highest BCUT2D eigenvalue weighted by atomic mass is 32.1. The van der Waals surface area contributed by atoms with Gasteiger partial charge in [-0.05, 0) is 57.4 Å². The molecule has 4 rings (SSSR count). The maximum atomic E-state index is 6.35. The molecule has 0 aromatic carbocycles. The molecule has 2 aromatic rings. The summed E-state index contributed by atoms with van der Waals surface area (Å²) in [5.74, 6) is 1.51. The topological polar surface area (TPSA) is 38.2 Å². The van der Waals surface area contributed by atoms with Gasteiger partial charge in [0.25, 0.3) is 0 Å². The predicted molar refractivity (Wildman–Crippen MR) is 91.4 cm³/mol. The van der Waals surface area contributed by atoms with Crippen LogP contribution in [0.15, 0.2) is 24.4 Å². The van der Waals surface area contributed by atoms with Gasteiger partial charge in [0.15, 0.2) is 0 Å². The van der Waals surface area contributed by atoms with Crippen molar-refractivity contribution < 1.29 is 4.74 Å². The van der Waals surface area contributed by atoms with Crippen LogP contribution in [0.4, 0.5) is 0 Å². The predicted octanol–water partition coefficient (Wildman–Crippen LogP) is 3.51. The first-order valence-electron chi connectivity index (χ1n) is 8.40. The molecule has 5 heteroatoms. The molecule has 4 nitrogen and oxygen atoms in total. The fourth-order valence-corrected chi connectivity index (χ4v) is 4.71. The highest BCUT2D eigenvalue weighted by Crippen LogP contribution is 2.40. The standard InChI is InChI=1S/C18H23N3OS/c1-12-3-4-15(23-12)10-21-8-6-14-9-17(22-18(14)11-21)16-5-7-19-13(2)20-16/h3-5,7,14,17-18H,6,8-11H2,1-2H3/t14-,17-,18+/m0/s1. The van der Waals surface area contributed by atoms with Crippen LogP contribution in [-0.2, 0) is 11.3 Å².